The Morgan fingerprint density at radius 2 is 2.00 bits per heavy atom. The molecular formula is C12H10Br2OS. The van der Waals surface area contributed by atoms with E-state index in [1.807, 2.05) is 37.3 Å². The van der Waals surface area contributed by atoms with E-state index in [4.69, 9.17) is 0 Å². The molecule has 0 amide bonds. The Hall–Kier alpha value is -0.160. The number of hydrogen-bond donors (Lipinski definition) is 1. The van der Waals surface area contributed by atoms with E-state index in [2.05, 4.69) is 31.9 Å². The fraction of sp³-hybridized carbons (Fsp3) is 0.167. The molecule has 0 spiro atoms. The summed E-state index contributed by atoms with van der Waals surface area (Å²) in [6.45, 7) is 2.02. The zero-order chi connectivity index (χ0) is 11.7. The van der Waals surface area contributed by atoms with Crippen LogP contribution in [0, 0.1) is 6.92 Å². The standard InChI is InChI=1S/C12H10Br2OS/c1-7-3-2-4-8(5-7)11(15)10-6-9(13)12(14)16-10/h2-6,11,15H,1H3. The Bertz CT molecular complexity index is 488. The first-order valence-corrected chi connectivity index (χ1v) is 7.17. The third-order valence-electron chi connectivity index (χ3n) is 2.29. The topological polar surface area (TPSA) is 20.2 Å². The monoisotopic (exact) mass is 360 g/mol. The molecule has 1 N–H and O–H groups in total. The lowest BCUT2D eigenvalue weighted by molar-refractivity contribution is 0.224. The van der Waals surface area contributed by atoms with E-state index < -0.39 is 6.10 Å². The van der Waals surface area contributed by atoms with Crippen LogP contribution in [0.3, 0.4) is 0 Å². The summed E-state index contributed by atoms with van der Waals surface area (Å²) in [7, 11) is 0. The lowest BCUT2D eigenvalue weighted by atomic mass is 10.1. The van der Waals surface area contributed by atoms with Gasteiger partial charge in [-0.25, -0.2) is 0 Å². The smallest absolute Gasteiger partial charge is 0.113 e. The van der Waals surface area contributed by atoms with Crippen LogP contribution in [0.4, 0.5) is 0 Å². The minimum absolute atomic E-state index is 0.549. The highest BCUT2D eigenvalue weighted by molar-refractivity contribution is 9.13. The Balaban J connectivity index is 2.35. The van der Waals surface area contributed by atoms with Crippen molar-refractivity contribution >= 4 is 43.2 Å². The number of aryl methyl sites for hydroxylation is 1. The van der Waals surface area contributed by atoms with Crippen LogP contribution in [0.15, 0.2) is 38.6 Å². The maximum Gasteiger partial charge on any atom is 0.113 e. The molecule has 1 heterocycles. The Morgan fingerprint density at radius 3 is 2.56 bits per heavy atom. The van der Waals surface area contributed by atoms with Gasteiger partial charge in [0, 0.05) is 9.35 Å². The maximum atomic E-state index is 10.2. The normalized spacial score (nSPS) is 12.8. The molecule has 1 aromatic heterocycles. The predicted molar refractivity (Wildman–Crippen MR) is 75.0 cm³/mol. The quantitative estimate of drug-likeness (QED) is 0.824. The first kappa shape index (κ1) is 12.3. The third-order valence-corrected chi connectivity index (χ3v) is 5.60. The van der Waals surface area contributed by atoms with E-state index >= 15 is 0 Å². The third kappa shape index (κ3) is 2.56. The van der Waals surface area contributed by atoms with Crippen molar-refractivity contribution in [3.8, 4) is 0 Å². The van der Waals surface area contributed by atoms with Crippen molar-refractivity contribution in [2.45, 2.75) is 13.0 Å². The number of rotatable bonds is 2. The van der Waals surface area contributed by atoms with Crippen LogP contribution in [-0.2, 0) is 0 Å². The molecule has 16 heavy (non-hydrogen) atoms. The van der Waals surface area contributed by atoms with E-state index in [1.165, 1.54) is 0 Å². The van der Waals surface area contributed by atoms with Gasteiger partial charge < -0.3 is 5.11 Å². The molecular weight excluding hydrogens is 352 g/mol. The van der Waals surface area contributed by atoms with Crippen LogP contribution in [0.2, 0.25) is 0 Å². The van der Waals surface area contributed by atoms with Gasteiger partial charge in [-0.2, -0.15) is 0 Å². The average Bonchev–Trinajstić information content (AvgIpc) is 2.58. The summed E-state index contributed by atoms with van der Waals surface area (Å²) in [6, 6.07) is 9.88. The van der Waals surface area contributed by atoms with Gasteiger partial charge >= 0.3 is 0 Å². The second kappa shape index (κ2) is 5.00. The van der Waals surface area contributed by atoms with Gasteiger partial charge in [-0.3, -0.25) is 0 Å². The van der Waals surface area contributed by atoms with Crippen molar-refractivity contribution in [3.63, 3.8) is 0 Å². The van der Waals surface area contributed by atoms with Crippen molar-refractivity contribution in [1.82, 2.24) is 0 Å². The lowest BCUT2D eigenvalue weighted by Gasteiger charge is -2.09. The molecule has 1 nitrogen and oxygen atoms in total. The Morgan fingerprint density at radius 1 is 1.25 bits per heavy atom. The van der Waals surface area contributed by atoms with Crippen molar-refractivity contribution in [1.29, 1.82) is 0 Å². The summed E-state index contributed by atoms with van der Waals surface area (Å²) in [5.74, 6) is 0. The van der Waals surface area contributed by atoms with Gasteiger partial charge in [0.1, 0.15) is 6.10 Å². The van der Waals surface area contributed by atoms with Crippen molar-refractivity contribution < 1.29 is 5.11 Å². The zero-order valence-electron chi connectivity index (χ0n) is 8.58. The fourth-order valence-corrected chi connectivity index (χ4v) is 3.61. The molecule has 0 bridgehead atoms. The predicted octanol–water partition coefficient (Wildman–Crippen LogP) is 4.66. The van der Waals surface area contributed by atoms with Crippen molar-refractivity contribution in [2.75, 3.05) is 0 Å². The summed E-state index contributed by atoms with van der Waals surface area (Å²) in [5, 5.41) is 10.2. The van der Waals surface area contributed by atoms with Crippen LogP contribution in [0.1, 0.15) is 22.1 Å². The Kier molecular flexibility index (Phi) is 3.85. The average molecular weight is 362 g/mol. The van der Waals surface area contributed by atoms with E-state index in [0.29, 0.717) is 0 Å². The molecule has 2 rings (SSSR count). The van der Waals surface area contributed by atoms with E-state index in [1.54, 1.807) is 11.3 Å². The summed E-state index contributed by atoms with van der Waals surface area (Å²) in [5.41, 5.74) is 2.09. The number of aliphatic hydroxyl groups is 1. The number of benzene rings is 1. The molecule has 1 aromatic carbocycles. The van der Waals surface area contributed by atoms with Gasteiger partial charge in [-0.1, -0.05) is 29.8 Å². The van der Waals surface area contributed by atoms with E-state index in [-0.39, 0.29) is 0 Å². The minimum atomic E-state index is -0.549. The summed E-state index contributed by atoms with van der Waals surface area (Å²) in [4.78, 5) is 0.935. The van der Waals surface area contributed by atoms with Gasteiger partial charge in [-0.15, -0.1) is 11.3 Å². The van der Waals surface area contributed by atoms with Crippen LogP contribution in [0.5, 0.6) is 0 Å². The van der Waals surface area contributed by atoms with E-state index in [9.17, 15) is 5.11 Å². The molecule has 0 saturated heterocycles. The van der Waals surface area contributed by atoms with Crippen molar-refractivity contribution in [3.05, 3.63) is 54.6 Å². The van der Waals surface area contributed by atoms with Crippen LogP contribution in [-0.4, -0.2) is 5.11 Å². The highest BCUT2D eigenvalue weighted by atomic mass is 79.9. The van der Waals surface area contributed by atoms with E-state index in [0.717, 1.165) is 24.3 Å². The minimum Gasteiger partial charge on any atom is -0.383 e. The molecule has 0 fully saturated rings. The van der Waals surface area contributed by atoms with Crippen molar-refractivity contribution in [2.24, 2.45) is 0 Å². The SMILES string of the molecule is Cc1cccc(C(O)c2cc(Br)c(Br)s2)c1. The Labute approximate surface area is 115 Å². The highest BCUT2D eigenvalue weighted by Crippen LogP contribution is 2.37. The van der Waals surface area contributed by atoms with Crippen LogP contribution in [0.25, 0.3) is 0 Å². The lowest BCUT2D eigenvalue weighted by Crippen LogP contribution is -1.96. The van der Waals surface area contributed by atoms with Crippen LogP contribution < -0.4 is 0 Å². The number of halogens is 2. The van der Waals surface area contributed by atoms with Gasteiger partial charge in [0.2, 0.25) is 0 Å². The largest absolute Gasteiger partial charge is 0.383 e. The molecule has 1 unspecified atom stereocenters. The van der Waals surface area contributed by atoms with Crippen LogP contribution >= 0.6 is 43.2 Å². The summed E-state index contributed by atoms with van der Waals surface area (Å²) < 4.78 is 1.99. The maximum absolute atomic E-state index is 10.2. The number of thiophene rings is 1. The molecule has 2 aromatic rings. The molecule has 1 atom stereocenters. The number of hydrogen-bond acceptors (Lipinski definition) is 2. The highest BCUT2D eigenvalue weighted by Gasteiger charge is 2.14. The first-order valence-electron chi connectivity index (χ1n) is 4.77. The molecule has 0 saturated carbocycles. The molecule has 0 aliphatic carbocycles. The first-order chi connectivity index (χ1) is 7.58. The number of aliphatic hydroxyl groups excluding tert-OH is 1. The summed E-state index contributed by atoms with van der Waals surface area (Å²) >= 11 is 8.40. The molecule has 84 valence electrons. The molecule has 0 aliphatic heterocycles. The summed E-state index contributed by atoms with van der Waals surface area (Å²) in [6.07, 6.45) is -0.549. The molecule has 0 radical (unpaired) electrons. The second-order valence-corrected chi connectivity index (χ2v) is 6.84. The van der Waals surface area contributed by atoms with Gasteiger partial charge in [0.25, 0.3) is 0 Å². The molecule has 4 heteroatoms. The van der Waals surface area contributed by atoms with Gasteiger partial charge in [0.15, 0.2) is 0 Å². The molecule has 0 aliphatic rings. The zero-order valence-corrected chi connectivity index (χ0v) is 12.6. The van der Waals surface area contributed by atoms with Gasteiger partial charge in [0.05, 0.1) is 3.79 Å². The van der Waals surface area contributed by atoms with Gasteiger partial charge in [-0.05, 0) is 50.4 Å². The fourth-order valence-electron chi connectivity index (χ4n) is 1.50. The second-order valence-electron chi connectivity index (χ2n) is 3.59.